The minimum atomic E-state index is -0.498. The number of para-hydroxylation sites is 1. The van der Waals surface area contributed by atoms with Gasteiger partial charge in [0.25, 0.3) is 11.8 Å². The highest BCUT2D eigenvalue weighted by Gasteiger charge is 2.13. The molecule has 10 nitrogen and oxygen atoms in total. The third-order valence-corrected chi connectivity index (χ3v) is 6.37. The second-order valence-electron chi connectivity index (χ2n) is 9.10. The number of pyridine rings is 3. The molecule has 0 saturated carbocycles. The molecule has 3 aromatic heterocycles. The first-order valence-corrected chi connectivity index (χ1v) is 12.7. The molecular weight excluding hydrogens is 518 g/mol. The Morgan fingerprint density at radius 2 is 1.27 bits per heavy atom. The summed E-state index contributed by atoms with van der Waals surface area (Å²) in [4.78, 5) is 37.9. The molecule has 0 fully saturated rings. The molecule has 0 aliphatic heterocycles. The lowest BCUT2D eigenvalue weighted by Crippen LogP contribution is -2.30. The molecule has 0 saturated heterocycles. The number of nitrogens with zero attached hydrogens (tertiary/aromatic N) is 3. The van der Waals surface area contributed by atoms with Crippen molar-refractivity contribution in [2.24, 2.45) is 0 Å². The number of aromatic nitrogens is 3. The Balaban J connectivity index is 1.12. The zero-order valence-electron chi connectivity index (χ0n) is 21.5. The van der Waals surface area contributed by atoms with Crippen molar-refractivity contribution in [3.63, 3.8) is 0 Å². The topological polar surface area (TPSA) is 141 Å². The smallest absolute Gasteiger partial charge is 0.288 e. The van der Waals surface area contributed by atoms with Crippen LogP contribution in [-0.4, -0.2) is 31.9 Å². The van der Waals surface area contributed by atoms with E-state index in [1.54, 1.807) is 54.7 Å². The molecule has 0 aliphatic carbocycles. The molecule has 41 heavy (non-hydrogen) atoms. The summed E-state index contributed by atoms with van der Waals surface area (Å²) in [7, 11) is 0. The number of carbonyl (C=O) groups excluding carboxylic acids is 2. The molecule has 0 aliphatic rings. The predicted molar refractivity (Wildman–Crippen MR) is 157 cm³/mol. The molecule has 5 N–H and O–H groups in total. The first-order chi connectivity index (χ1) is 20.0. The Morgan fingerprint density at radius 3 is 2.02 bits per heavy atom. The van der Waals surface area contributed by atoms with Crippen molar-refractivity contribution < 1.29 is 14.7 Å². The highest BCUT2D eigenvalue weighted by atomic mass is 16.3. The monoisotopic (exact) mass is 541 g/mol. The molecule has 3 heterocycles. The van der Waals surface area contributed by atoms with Gasteiger partial charge in [-0.3, -0.25) is 36.3 Å². The predicted octanol–water partition coefficient (Wildman–Crippen LogP) is 5.06. The van der Waals surface area contributed by atoms with Crippen molar-refractivity contribution in [1.29, 1.82) is 0 Å². The molecule has 6 rings (SSSR count). The molecule has 0 radical (unpaired) electrons. The fourth-order valence-electron chi connectivity index (χ4n) is 4.28. The molecule has 0 spiro atoms. The van der Waals surface area contributed by atoms with Crippen LogP contribution < -0.4 is 21.7 Å². The number of rotatable bonds is 7. The van der Waals surface area contributed by atoms with Gasteiger partial charge in [-0.15, -0.1) is 0 Å². The van der Waals surface area contributed by atoms with E-state index in [9.17, 15) is 14.7 Å². The van der Waals surface area contributed by atoms with Gasteiger partial charge >= 0.3 is 0 Å². The summed E-state index contributed by atoms with van der Waals surface area (Å²) < 4.78 is 0. The third kappa shape index (κ3) is 5.57. The van der Waals surface area contributed by atoms with Crippen LogP contribution in [0.5, 0.6) is 5.75 Å². The van der Waals surface area contributed by atoms with Crippen LogP contribution >= 0.6 is 0 Å². The number of carbonyl (C=O) groups is 2. The highest BCUT2D eigenvalue weighted by Crippen LogP contribution is 2.29. The lowest BCUT2D eigenvalue weighted by molar-refractivity contribution is 0.0950. The van der Waals surface area contributed by atoms with E-state index in [0.717, 1.165) is 27.4 Å². The normalized spacial score (nSPS) is 10.7. The lowest BCUT2D eigenvalue weighted by Gasteiger charge is -2.11. The summed E-state index contributed by atoms with van der Waals surface area (Å²) in [6.07, 6.45) is 1.55. The van der Waals surface area contributed by atoms with Crippen LogP contribution in [0, 0.1) is 0 Å². The summed E-state index contributed by atoms with van der Waals surface area (Å²) >= 11 is 0. The van der Waals surface area contributed by atoms with Gasteiger partial charge in [0.2, 0.25) is 0 Å². The van der Waals surface area contributed by atoms with Gasteiger partial charge < -0.3 is 5.11 Å². The van der Waals surface area contributed by atoms with E-state index >= 15 is 0 Å². The number of benzene rings is 3. The Morgan fingerprint density at radius 1 is 0.610 bits per heavy atom. The Bertz CT molecular complexity index is 1910. The number of nitrogens with one attached hydrogen (secondary N) is 4. The molecule has 200 valence electrons. The number of phenols is 1. The number of aromatic hydroxyl groups is 1. The van der Waals surface area contributed by atoms with Crippen molar-refractivity contribution in [2.75, 3.05) is 10.9 Å². The fraction of sp³-hybridized carbons (Fsp3) is 0. The van der Waals surface area contributed by atoms with E-state index in [2.05, 4.69) is 36.7 Å². The number of phenolic OH excluding ortho intramolecular Hbond substituents is 1. The van der Waals surface area contributed by atoms with E-state index in [0.29, 0.717) is 17.2 Å². The molecular formula is C31H23N7O3. The van der Waals surface area contributed by atoms with E-state index in [1.807, 2.05) is 54.6 Å². The fourth-order valence-corrected chi connectivity index (χ4v) is 4.28. The van der Waals surface area contributed by atoms with Gasteiger partial charge in [-0.1, -0.05) is 36.4 Å². The maximum atomic E-state index is 12.7. The van der Waals surface area contributed by atoms with Gasteiger partial charge in [-0.05, 0) is 77.9 Å². The lowest BCUT2D eigenvalue weighted by atomic mass is 10.0. The summed E-state index contributed by atoms with van der Waals surface area (Å²) in [6, 6.07) is 30.5. The molecule has 3 aromatic carbocycles. The molecule has 2 amide bonds. The average molecular weight is 542 g/mol. The van der Waals surface area contributed by atoms with Crippen LogP contribution in [0.15, 0.2) is 109 Å². The Hall–Kier alpha value is -6.03. The van der Waals surface area contributed by atoms with Crippen LogP contribution in [0.25, 0.3) is 32.9 Å². The van der Waals surface area contributed by atoms with Crippen LogP contribution in [0.2, 0.25) is 0 Å². The first-order valence-electron chi connectivity index (χ1n) is 12.7. The number of fused-ring (bicyclic) bond motifs is 2. The largest absolute Gasteiger partial charge is 0.507 e. The zero-order valence-corrected chi connectivity index (χ0v) is 21.5. The van der Waals surface area contributed by atoms with Crippen molar-refractivity contribution >= 4 is 45.3 Å². The van der Waals surface area contributed by atoms with Gasteiger partial charge in [0, 0.05) is 17.0 Å². The van der Waals surface area contributed by atoms with Crippen molar-refractivity contribution in [2.45, 2.75) is 0 Å². The van der Waals surface area contributed by atoms with E-state index in [1.165, 1.54) is 0 Å². The molecule has 0 bridgehead atoms. The minimum absolute atomic E-state index is 0.118. The number of anilines is 2. The highest BCUT2D eigenvalue weighted by molar-refractivity contribution is 5.98. The van der Waals surface area contributed by atoms with Crippen LogP contribution in [0.1, 0.15) is 20.8 Å². The van der Waals surface area contributed by atoms with Crippen molar-refractivity contribution in [3.8, 4) is 16.9 Å². The van der Waals surface area contributed by atoms with Crippen LogP contribution in [0.3, 0.4) is 0 Å². The third-order valence-electron chi connectivity index (χ3n) is 6.37. The molecule has 0 atom stereocenters. The number of hydrogen-bond donors (Lipinski definition) is 5. The molecule has 6 aromatic rings. The summed E-state index contributed by atoms with van der Waals surface area (Å²) in [5.74, 6) is -0.0839. The van der Waals surface area contributed by atoms with Gasteiger partial charge in [-0.25, -0.2) is 9.97 Å². The van der Waals surface area contributed by atoms with Crippen LogP contribution in [0.4, 0.5) is 11.6 Å². The van der Waals surface area contributed by atoms with Gasteiger partial charge in [0.1, 0.15) is 23.1 Å². The summed E-state index contributed by atoms with van der Waals surface area (Å²) in [5, 5.41) is 12.5. The summed E-state index contributed by atoms with van der Waals surface area (Å²) in [6.45, 7) is 0. The number of hydrazine groups is 2. The van der Waals surface area contributed by atoms with Gasteiger partial charge in [-0.2, -0.15) is 0 Å². The van der Waals surface area contributed by atoms with Crippen LogP contribution in [-0.2, 0) is 0 Å². The number of amides is 2. The average Bonchev–Trinajstić information content (AvgIpc) is 3.02. The number of hydrogen-bond acceptors (Lipinski definition) is 8. The van der Waals surface area contributed by atoms with Crippen molar-refractivity contribution in [3.05, 3.63) is 121 Å². The first kappa shape index (κ1) is 25.3. The maximum absolute atomic E-state index is 12.7. The second-order valence-corrected chi connectivity index (χ2v) is 9.10. The quantitative estimate of drug-likeness (QED) is 0.177. The Kier molecular flexibility index (Phi) is 6.77. The SMILES string of the molecule is O=C(NNc1ccc2cc(-c3ccc(C(=O)NNc4ccc5ccccc5n4)c(O)c3)ccc2n1)c1ccccn1. The van der Waals surface area contributed by atoms with Crippen molar-refractivity contribution in [1.82, 2.24) is 25.8 Å². The summed E-state index contributed by atoms with van der Waals surface area (Å²) in [5.41, 5.74) is 14.2. The Labute approximate surface area is 234 Å². The molecule has 10 heteroatoms. The van der Waals surface area contributed by atoms with E-state index < -0.39 is 5.91 Å². The van der Waals surface area contributed by atoms with E-state index in [4.69, 9.17) is 0 Å². The molecule has 0 unspecified atom stereocenters. The van der Waals surface area contributed by atoms with E-state index in [-0.39, 0.29) is 22.9 Å². The van der Waals surface area contributed by atoms with Gasteiger partial charge in [0.05, 0.1) is 16.6 Å². The zero-order chi connectivity index (χ0) is 28.2. The second kappa shape index (κ2) is 11.0. The maximum Gasteiger partial charge on any atom is 0.288 e. The van der Waals surface area contributed by atoms with Gasteiger partial charge in [0.15, 0.2) is 0 Å². The standard InChI is InChI=1S/C31H23N7O3/c39-27-18-21(8-12-23(27)30(40)37-35-28-14-10-19-5-1-2-6-24(19)33-28)20-9-13-25-22(17-20)11-15-29(34-25)36-38-31(41)26-7-3-4-16-32-26/h1-18,39H,(H,33,35)(H,34,36)(H,37,40)(H,38,41). The minimum Gasteiger partial charge on any atom is -0.507 e.